The van der Waals surface area contributed by atoms with Gasteiger partial charge in [-0.2, -0.15) is 11.8 Å². The third-order valence-electron chi connectivity index (χ3n) is 3.33. The molecule has 0 aromatic rings. The maximum absolute atomic E-state index is 5.84. The van der Waals surface area contributed by atoms with E-state index >= 15 is 0 Å². The van der Waals surface area contributed by atoms with Crippen LogP contribution >= 0.6 is 11.8 Å². The molecule has 3 N–H and O–H groups in total. The van der Waals surface area contributed by atoms with E-state index in [1.807, 2.05) is 11.8 Å². The Morgan fingerprint density at radius 3 is 2.78 bits per heavy atom. The minimum Gasteiger partial charge on any atom is -0.370 e. The standard InChI is InChI=1S/C14H29N3S/c1-2-3-4-5-6-7-10-16-14(15)17-12-13-9-8-11-18-13/h13H,2-12H2,1H3,(H3,15,16,17). The van der Waals surface area contributed by atoms with Crippen LogP contribution in [0.25, 0.3) is 0 Å². The van der Waals surface area contributed by atoms with Crippen LogP contribution in [0.3, 0.4) is 0 Å². The molecular formula is C14H29N3S. The van der Waals surface area contributed by atoms with Crippen molar-refractivity contribution < 1.29 is 0 Å². The van der Waals surface area contributed by atoms with Crippen LogP contribution in [0.1, 0.15) is 58.3 Å². The average molecular weight is 271 g/mol. The van der Waals surface area contributed by atoms with E-state index in [0.717, 1.165) is 13.1 Å². The first-order valence-corrected chi connectivity index (χ1v) is 8.53. The maximum atomic E-state index is 5.84. The summed E-state index contributed by atoms with van der Waals surface area (Å²) >= 11 is 2.03. The summed E-state index contributed by atoms with van der Waals surface area (Å²) in [7, 11) is 0. The number of aliphatic imine (C=N–C) groups is 1. The monoisotopic (exact) mass is 271 g/mol. The van der Waals surface area contributed by atoms with Crippen molar-refractivity contribution in [1.29, 1.82) is 0 Å². The first-order chi connectivity index (χ1) is 8.83. The SMILES string of the molecule is CCCCCCCCNC(N)=NCC1CCCS1. The molecule has 0 spiro atoms. The van der Waals surface area contributed by atoms with Crippen LogP contribution in [-0.4, -0.2) is 30.1 Å². The van der Waals surface area contributed by atoms with E-state index < -0.39 is 0 Å². The molecule has 0 aromatic heterocycles. The predicted octanol–water partition coefficient (Wildman–Crippen LogP) is 3.15. The highest BCUT2D eigenvalue weighted by Crippen LogP contribution is 2.25. The zero-order valence-electron chi connectivity index (χ0n) is 11.8. The minimum absolute atomic E-state index is 0.635. The van der Waals surface area contributed by atoms with Gasteiger partial charge in [0.2, 0.25) is 0 Å². The lowest BCUT2D eigenvalue weighted by molar-refractivity contribution is 0.601. The molecule has 1 atom stereocenters. The van der Waals surface area contributed by atoms with Gasteiger partial charge in [-0.15, -0.1) is 0 Å². The molecule has 4 heteroatoms. The van der Waals surface area contributed by atoms with E-state index in [1.54, 1.807) is 0 Å². The highest BCUT2D eigenvalue weighted by Gasteiger charge is 2.14. The summed E-state index contributed by atoms with van der Waals surface area (Å²) in [4.78, 5) is 4.42. The molecule has 18 heavy (non-hydrogen) atoms. The van der Waals surface area contributed by atoms with Gasteiger partial charge in [-0.05, 0) is 25.0 Å². The van der Waals surface area contributed by atoms with Crippen LogP contribution in [0.15, 0.2) is 4.99 Å². The van der Waals surface area contributed by atoms with E-state index in [0.29, 0.717) is 11.2 Å². The fourth-order valence-corrected chi connectivity index (χ4v) is 3.35. The lowest BCUT2D eigenvalue weighted by Crippen LogP contribution is -2.33. The van der Waals surface area contributed by atoms with Crippen LogP contribution in [0.5, 0.6) is 0 Å². The number of nitrogens with zero attached hydrogens (tertiary/aromatic N) is 1. The Bertz CT molecular complexity index is 225. The highest BCUT2D eigenvalue weighted by atomic mass is 32.2. The first-order valence-electron chi connectivity index (χ1n) is 7.48. The molecule has 0 amide bonds. The molecule has 3 nitrogen and oxygen atoms in total. The third-order valence-corrected chi connectivity index (χ3v) is 4.71. The zero-order chi connectivity index (χ0) is 13.1. The highest BCUT2D eigenvalue weighted by molar-refractivity contribution is 8.00. The molecule has 1 aliphatic rings. The quantitative estimate of drug-likeness (QED) is 0.385. The first kappa shape index (κ1) is 15.7. The Labute approximate surface area is 116 Å². The van der Waals surface area contributed by atoms with Crippen molar-refractivity contribution in [2.45, 2.75) is 63.5 Å². The second kappa shape index (κ2) is 10.5. The molecule has 0 aromatic carbocycles. The van der Waals surface area contributed by atoms with E-state index in [9.17, 15) is 0 Å². The molecule has 1 rings (SSSR count). The Balaban J connectivity index is 1.92. The summed E-state index contributed by atoms with van der Waals surface area (Å²) in [5, 5.41) is 3.92. The van der Waals surface area contributed by atoms with Gasteiger partial charge in [0.25, 0.3) is 0 Å². The molecule has 1 unspecified atom stereocenters. The van der Waals surface area contributed by atoms with Crippen molar-refractivity contribution in [3.63, 3.8) is 0 Å². The fourth-order valence-electron chi connectivity index (χ4n) is 2.17. The van der Waals surface area contributed by atoms with Crippen LogP contribution in [-0.2, 0) is 0 Å². The van der Waals surface area contributed by atoms with Crippen molar-refractivity contribution in [2.24, 2.45) is 10.7 Å². The number of guanidine groups is 1. The number of rotatable bonds is 9. The molecule has 0 aliphatic carbocycles. The Morgan fingerprint density at radius 1 is 1.28 bits per heavy atom. The molecular weight excluding hydrogens is 242 g/mol. The smallest absolute Gasteiger partial charge is 0.188 e. The van der Waals surface area contributed by atoms with Gasteiger partial charge in [0, 0.05) is 11.8 Å². The van der Waals surface area contributed by atoms with Crippen LogP contribution in [0.2, 0.25) is 0 Å². The molecule has 1 fully saturated rings. The molecule has 106 valence electrons. The molecule has 0 saturated carbocycles. The van der Waals surface area contributed by atoms with Gasteiger partial charge in [0.05, 0.1) is 6.54 Å². The molecule has 1 heterocycles. The van der Waals surface area contributed by atoms with Gasteiger partial charge in [0.1, 0.15) is 0 Å². The van der Waals surface area contributed by atoms with Crippen LogP contribution < -0.4 is 11.1 Å². The van der Waals surface area contributed by atoms with Gasteiger partial charge in [0.15, 0.2) is 5.96 Å². The van der Waals surface area contributed by atoms with Crippen LogP contribution in [0, 0.1) is 0 Å². The van der Waals surface area contributed by atoms with E-state index in [-0.39, 0.29) is 0 Å². The second-order valence-corrected chi connectivity index (χ2v) is 6.46. The van der Waals surface area contributed by atoms with Crippen molar-refractivity contribution in [2.75, 3.05) is 18.8 Å². The lowest BCUT2D eigenvalue weighted by Gasteiger charge is -2.07. The Kier molecular flexibility index (Phi) is 9.17. The van der Waals surface area contributed by atoms with Gasteiger partial charge in [-0.1, -0.05) is 39.0 Å². The topological polar surface area (TPSA) is 50.4 Å². The average Bonchev–Trinajstić information content (AvgIpc) is 2.88. The Hall–Kier alpha value is -0.380. The van der Waals surface area contributed by atoms with Crippen molar-refractivity contribution in [3.8, 4) is 0 Å². The van der Waals surface area contributed by atoms with Crippen molar-refractivity contribution in [3.05, 3.63) is 0 Å². The molecule has 1 saturated heterocycles. The fraction of sp³-hybridized carbons (Fsp3) is 0.929. The molecule has 1 aliphatic heterocycles. The number of nitrogens with two attached hydrogens (primary N) is 1. The summed E-state index contributed by atoms with van der Waals surface area (Å²) < 4.78 is 0. The van der Waals surface area contributed by atoms with Crippen molar-refractivity contribution >= 4 is 17.7 Å². The zero-order valence-corrected chi connectivity index (χ0v) is 12.6. The van der Waals surface area contributed by atoms with Gasteiger partial charge in [-0.3, -0.25) is 4.99 Å². The van der Waals surface area contributed by atoms with Crippen LogP contribution in [0.4, 0.5) is 0 Å². The summed E-state index contributed by atoms with van der Waals surface area (Å²) in [5.74, 6) is 1.93. The number of thioether (sulfide) groups is 1. The third kappa shape index (κ3) is 7.85. The minimum atomic E-state index is 0.635. The number of unbranched alkanes of at least 4 members (excludes halogenated alkanes) is 5. The number of nitrogens with one attached hydrogen (secondary N) is 1. The van der Waals surface area contributed by atoms with E-state index in [1.165, 1.54) is 57.1 Å². The van der Waals surface area contributed by atoms with Gasteiger partial charge < -0.3 is 11.1 Å². The van der Waals surface area contributed by atoms with Gasteiger partial charge in [-0.25, -0.2) is 0 Å². The predicted molar refractivity (Wildman–Crippen MR) is 83.3 cm³/mol. The number of hydrogen-bond donors (Lipinski definition) is 2. The maximum Gasteiger partial charge on any atom is 0.188 e. The second-order valence-electron chi connectivity index (χ2n) is 5.06. The summed E-state index contributed by atoms with van der Waals surface area (Å²) in [5.41, 5.74) is 5.84. The summed E-state index contributed by atoms with van der Waals surface area (Å²) in [6.07, 6.45) is 10.6. The normalized spacial score (nSPS) is 20.3. The Morgan fingerprint density at radius 2 is 2.06 bits per heavy atom. The number of hydrogen-bond acceptors (Lipinski definition) is 2. The van der Waals surface area contributed by atoms with E-state index in [2.05, 4.69) is 17.2 Å². The van der Waals surface area contributed by atoms with E-state index in [4.69, 9.17) is 5.73 Å². The van der Waals surface area contributed by atoms with Gasteiger partial charge >= 0.3 is 0 Å². The lowest BCUT2D eigenvalue weighted by atomic mass is 10.1. The van der Waals surface area contributed by atoms with Crippen molar-refractivity contribution in [1.82, 2.24) is 5.32 Å². The largest absolute Gasteiger partial charge is 0.370 e. The summed E-state index contributed by atoms with van der Waals surface area (Å²) in [6.45, 7) is 4.11. The molecule has 0 bridgehead atoms. The molecule has 0 radical (unpaired) electrons. The summed E-state index contributed by atoms with van der Waals surface area (Å²) in [6, 6.07) is 0.